The minimum absolute atomic E-state index is 0.0596. The third-order valence-corrected chi connectivity index (χ3v) is 7.89. The molecule has 1 N–H and O–H groups in total. The van der Waals surface area contributed by atoms with Crippen LogP contribution in [0.3, 0.4) is 0 Å². The summed E-state index contributed by atoms with van der Waals surface area (Å²) < 4.78 is 22.8. The molecule has 1 unspecified atom stereocenters. The number of amides is 1. The van der Waals surface area contributed by atoms with Gasteiger partial charge in [0, 0.05) is 18.5 Å². The van der Waals surface area contributed by atoms with E-state index in [0.29, 0.717) is 55.6 Å². The minimum atomic E-state index is -0.828. The van der Waals surface area contributed by atoms with Gasteiger partial charge in [-0.15, -0.1) is 0 Å². The number of Topliss-reactive ketones (excluding diaryl/α,β-unsaturated/α-hetero) is 1. The molecular formula is C33H34N2O7. The van der Waals surface area contributed by atoms with Crippen molar-refractivity contribution in [2.75, 3.05) is 52.6 Å². The van der Waals surface area contributed by atoms with Gasteiger partial charge in [0.2, 0.25) is 5.78 Å². The Bertz CT molecular complexity index is 1470. The number of ether oxygens (including phenoxy) is 4. The van der Waals surface area contributed by atoms with E-state index < -0.39 is 23.5 Å². The highest BCUT2D eigenvalue weighted by Crippen LogP contribution is 2.41. The van der Waals surface area contributed by atoms with Crippen LogP contribution in [0.1, 0.15) is 29.2 Å². The number of fused-ring (bicyclic) bond motifs is 1. The van der Waals surface area contributed by atoms with E-state index in [2.05, 4.69) is 0 Å². The molecule has 0 saturated carbocycles. The van der Waals surface area contributed by atoms with Gasteiger partial charge >= 0.3 is 0 Å². The van der Waals surface area contributed by atoms with Crippen molar-refractivity contribution in [1.82, 2.24) is 4.90 Å². The van der Waals surface area contributed by atoms with Crippen LogP contribution in [0.25, 0.3) is 5.76 Å². The molecule has 0 aromatic heterocycles. The molecule has 3 aliphatic heterocycles. The quantitative estimate of drug-likeness (QED) is 0.237. The topological polar surface area (TPSA) is 102 Å². The number of likely N-dealkylation sites (tertiary alicyclic amines) is 1. The van der Waals surface area contributed by atoms with Gasteiger partial charge in [-0.05, 0) is 41.0 Å². The van der Waals surface area contributed by atoms with Crippen LogP contribution < -0.4 is 24.2 Å². The molecule has 3 aliphatic rings. The number of morpholine rings is 1. The first-order valence-electron chi connectivity index (χ1n) is 14.4. The number of carbonyl (C=O) groups excluding carboxylic acids is 2. The molecule has 42 heavy (non-hydrogen) atoms. The highest BCUT2D eigenvalue weighted by molar-refractivity contribution is 6.46. The molecule has 1 atom stereocenters. The van der Waals surface area contributed by atoms with Crippen LogP contribution in [-0.2, 0) is 20.9 Å². The lowest BCUT2D eigenvalue weighted by atomic mass is 9.95. The Morgan fingerprint density at radius 2 is 1.69 bits per heavy atom. The number of ketones is 1. The summed E-state index contributed by atoms with van der Waals surface area (Å²) in [5.41, 5.74) is 1.88. The first-order chi connectivity index (χ1) is 20.6. The van der Waals surface area contributed by atoms with Crippen molar-refractivity contribution in [2.24, 2.45) is 0 Å². The zero-order valence-electron chi connectivity index (χ0n) is 23.4. The standard InChI is InChI=1S/C33H34N2O7/c36-31(25-10-11-27-28(21-25)41-19-18-40-27)29-30(24-8-4-9-26(20-24)42-22-23-6-2-1-3-7-23)35(33(38)32(29)37)13-5-12-34-14-16-39-17-15-34/h1-4,6-11,20-21,30,36H,5,12-19,22H2. The fourth-order valence-corrected chi connectivity index (χ4v) is 5.71. The Hall–Kier alpha value is -4.34. The first kappa shape index (κ1) is 27.8. The number of nitrogens with zero attached hydrogens (tertiary/aromatic N) is 1. The lowest BCUT2D eigenvalue weighted by Gasteiger charge is -2.29. The third kappa shape index (κ3) is 5.98. The number of benzene rings is 3. The number of hydrogen-bond acceptors (Lipinski definition) is 7. The van der Waals surface area contributed by atoms with Gasteiger partial charge in [0.25, 0.3) is 5.91 Å². The van der Waals surface area contributed by atoms with E-state index >= 15 is 0 Å². The monoisotopic (exact) mass is 570 g/mol. The Morgan fingerprint density at radius 1 is 0.905 bits per heavy atom. The lowest BCUT2D eigenvalue weighted by molar-refractivity contribution is -0.908. The molecule has 3 heterocycles. The predicted octanol–water partition coefficient (Wildman–Crippen LogP) is 1.57. The number of hydrogen-bond donors (Lipinski definition) is 1. The highest BCUT2D eigenvalue weighted by Gasteiger charge is 2.44. The van der Waals surface area contributed by atoms with Gasteiger partial charge in [-0.1, -0.05) is 54.3 Å². The Kier molecular flexibility index (Phi) is 8.39. The summed E-state index contributed by atoms with van der Waals surface area (Å²) in [7, 11) is 0. The maximum atomic E-state index is 14.0. The molecule has 2 fully saturated rings. The fraction of sp³-hybridized carbons (Fsp3) is 0.333. The first-order valence-corrected chi connectivity index (χ1v) is 14.4. The van der Waals surface area contributed by atoms with Crippen molar-refractivity contribution in [1.29, 1.82) is 0 Å². The Balaban J connectivity index is 1.32. The molecule has 3 aromatic rings. The lowest BCUT2D eigenvalue weighted by Crippen LogP contribution is -3.14. The van der Waals surface area contributed by atoms with Crippen LogP contribution in [0.4, 0.5) is 0 Å². The zero-order chi connectivity index (χ0) is 28.9. The van der Waals surface area contributed by atoms with Crippen molar-refractivity contribution in [3.05, 3.63) is 95.1 Å². The molecule has 0 bridgehead atoms. The van der Waals surface area contributed by atoms with E-state index in [0.717, 1.165) is 38.4 Å². The van der Waals surface area contributed by atoms with E-state index in [-0.39, 0.29) is 11.1 Å². The summed E-state index contributed by atoms with van der Waals surface area (Å²) in [4.78, 5) is 29.9. The van der Waals surface area contributed by atoms with Gasteiger partial charge in [0.1, 0.15) is 38.7 Å². The average molecular weight is 571 g/mol. The van der Waals surface area contributed by atoms with Gasteiger partial charge in [0.15, 0.2) is 11.5 Å². The van der Waals surface area contributed by atoms with Crippen LogP contribution in [0, 0.1) is 0 Å². The van der Waals surface area contributed by atoms with E-state index in [9.17, 15) is 14.7 Å². The van der Waals surface area contributed by atoms with Gasteiger partial charge in [-0.2, -0.15) is 0 Å². The number of nitrogens with one attached hydrogen (secondary N) is 1. The summed E-state index contributed by atoms with van der Waals surface area (Å²) >= 11 is 0. The van der Waals surface area contributed by atoms with Crippen LogP contribution in [0.15, 0.2) is 78.4 Å². The van der Waals surface area contributed by atoms with Crippen molar-refractivity contribution < 1.29 is 38.5 Å². The molecule has 0 radical (unpaired) electrons. The summed E-state index contributed by atoms with van der Waals surface area (Å²) in [6.45, 7) is 5.63. The Morgan fingerprint density at radius 3 is 2.50 bits per heavy atom. The molecule has 0 aliphatic carbocycles. The molecule has 3 aromatic carbocycles. The van der Waals surface area contributed by atoms with Gasteiger partial charge in [-0.3, -0.25) is 9.59 Å². The minimum Gasteiger partial charge on any atom is -0.872 e. The molecule has 9 heteroatoms. The number of carbonyl (C=O) groups is 2. The summed E-state index contributed by atoms with van der Waals surface area (Å²) in [5.74, 6) is -0.340. The molecule has 6 rings (SSSR count). The third-order valence-electron chi connectivity index (χ3n) is 7.89. The normalized spacial score (nSPS) is 20.1. The number of quaternary nitrogens is 1. The summed E-state index contributed by atoms with van der Waals surface area (Å²) in [6, 6.07) is 21.2. The van der Waals surface area contributed by atoms with Crippen LogP contribution in [-0.4, -0.2) is 69.2 Å². The second-order valence-corrected chi connectivity index (χ2v) is 10.6. The highest BCUT2D eigenvalue weighted by atomic mass is 16.6. The van der Waals surface area contributed by atoms with Gasteiger partial charge in [-0.25, -0.2) is 0 Å². The van der Waals surface area contributed by atoms with Crippen molar-refractivity contribution >= 4 is 17.4 Å². The molecule has 1 amide bonds. The SMILES string of the molecule is O=C1C(=O)N(CCC[NH+]2CCOCC2)C(c2cccc(OCc3ccccc3)c2)C1=C([O-])c1ccc2c(c1)OCCO2. The summed E-state index contributed by atoms with van der Waals surface area (Å²) in [5, 5.41) is 14.0. The largest absolute Gasteiger partial charge is 0.872 e. The van der Waals surface area contributed by atoms with Crippen LogP contribution >= 0.6 is 0 Å². The van der Waals surface area contributed by atoms with Crippen molar-refractivity contribution in [3.8, 4) is 17.2 Å². The van der Waals surface area contributed by atoms with E-state index in [1.807, 2.05) is 54.6 Å². The van der Waals surface area contributed by atoms with E-state index in [1.165, 1.54) is 4.90 Å². The van der Waals surface area contributed by atoms with Gasteiger partial charge < -0.3 is 33.9 Å². The van der Waals surface area contributed by atoms with Crippen molar-refractivity contribution in [3.63, 3.8) is 0 Å². The second-order valence-electron chi connectivity index (χ2n) is 10.6. The predicted molar refractivity (Wildman–Crippen MR) is 152 cm³/mol. The summed E-state index contributed by atoms with van der Waals surface area (Å²) in [6.07, 6.45) is 0.695. The Labute approximate surface area is 244 Å². The maximum Gasteiger partial charge on any atom is 0.295 e. The van der Waals surface area contributed by atoms with E-state index in [4.69, 9.17) is 18.9 Å². The van der Waals surface area contributed by atoms with Crippen LogP contribution in [0.5, 0.6) is 17.2 Å². The van der Waals surface area contributed by atoms with Gasteiger partial charge in [0.05, 0.1) is 25.8 Å². The average Bonchev–Trinajstić information content (AvgIpc) is 3.29. The smallest absolute Gasteiger partial charge is 0.295 e. The maximum absolute atomic E-state index is 14.0. The number of rotatable bonds is 9. The molecule has 218 valence electrons. The van der Waals surface area contributed by atoms with Crippen molar-refractivity contribution in [2.45, 2.75) is 19.1 Å². The molecular weight excluding hydrogens is 536 g/mol. The molecule has 9 nitrogen and oxygen atoms in total. The van der Waals surface area contributed by atoms with E-state index in [1.54, 1.807) is 23.1 Å². The second kappa shape index (κ2) is 12.7. The molecule has 2 saturated heterocycles. The van der Waals surface area contributed by atoms with Crippen LogP contribution in [0.2, 0.25) is 0 Å². The molecule has 0 spiro atoms. The zero-order valence-corrected chi connectivity index (χ0v) is 23.4. The fourth-order valence-electron chi connectivity index (χ4n) is 5.71.